The Labute approximate surface area is 187 Å². The van der Waals surface area contributed by atoms with Crippen LogP contribution in [-0.4, -0.2) is 24.5 Å². The Morgan fingerprint density at radius 3 is 0.964 bits per heavy atom. The molecule has 0 aliphatic rings. The number of halogens is 1. The molecule has 0 unspecified atom stereocenters. The molecule has 28 heavy (non-hydrogen) atoms. The van der Waals surface area contributed by atoms with Crippen LogP contribution in [-0.2, 0) is 0 Å². The van der Waals surface area contributed by atoms with Crippen LogP contribution in [0.1, 0.15) is 144 Å². The van der Waals surface area contributed by atoms with E-state index >= 15 is 0 Å². The molecule has 0 radical (unpaired) electrons. The molecule has 1 nitrogen and oxygen atoms in total. The molecular weight excluding hydrogens is 362 g/mol. The highest BCUT2D eigenvalue weighted by molar-refractivity contribution is 5.85. The molecule has 0 aromatic rings. The molecule has 0 aliphatic carbocycles. The molecule has 0 amide bonds. The zero-order valence-electron chi connectivity index (χ0n) is 20.9. The second kappa shape index (κ2) is 29.5. The first-order valence-electron chi connectivity index (χ1n) is 12.8. The zero-order chi connectivity index (χ0) is 20.6. The molecule has 0 heterocycles. The predicted molar refractivity (Wildman–Crippen MR) is 135 cm³/mol. The Hall–Kier alpha value is 0.250. The van der Waals surface area contributed by atoms with Gasteiger partial charge in [-0.15, -0.1) is 12.4 Å². The fourth-order valence-electron chi connectivity index (χ4n) is 3.59. The summed E-state index contributed by atoms with van der Waals surface area (Å²) in [5.74, 6) is 0.900. The van der Waals surface area contributed by atoms with Crippen molar-refractivity contribution in [3.05, 3.63) is 0 Å². The van der Waals surface area contributed by atoms with Gasteiger partial charge < -0.3 is 4.90 Å². The van der Waals surface area contributed by atoms with Crippen molar-refractivity contribution in [3.63, 3.8) is 0 Å². The van der Waals surface area contributed by atoms with Crippen LogP contribution in [0.15, 0.2) is 0 Å². The number of unbranched alkanes of at least 4 members (excludes halogenated alkanes) is 14. The minimum atomic E-state index is 0. The summed E-state index contributed by atoms with van der Waals surface area (Å²) in [6.07, 6.45) is 23.5. The largest absolute Gasteiger partial charge is 0.304 e. The van der Waals surface area contributed by atoms with Crippen LogP contribution in [0.25, 0.3) is 0 Å². The van der Waals surface area contributed by atoms with Gasteiger partial charge in [-0.2, -0.15) is 0 Å². The molecule has 0 fully saturated rings. The summed E-state index contributed by atoms with van der Waals surface area (Å²) >= 11 is 0. The second-order valence-corrected chi connectivity index (χ2v) is 8.75. The molecule has 0 aromatic carbocycles. The van der Waals surface area contributed by atoms with Crippen molar-refractivity contribution in [2.45, 2.75) is 144 Å². The highest BCUT2D eigenvalue weighted by atomic mass is 35.5. The van der Waals surface area contributed by atoms with Crippen LogP contribution >= 0.6 is 12.4 Å². The predicted octanol–water partition coefficient (Wildman–Crippen LogP) is 9.67. The standard InChI is InChI=1S/C20H42.C6H15N.ClH/c1-4-5-6-7-8-9-10-11-12-13-14-15-16-17-18-19-20(2)3;1-4-7(5-2)6-3;/h20H,4-19H2,1-3H3;4-6H2,1-3H3;1H. The molecule has 0 aromatic heterocycles. The first kappa shape index (κ1) is 32.9. The summed E-state index contributed by atoms with van der Waals surface area (Å²) in [6, 6.07) is 0. The van der Waals surface area contributed by atoms with E-state index < -0.39 is 0 Å². The molecule has 0 N–H and O–H groups in total. The summed E-state index contributed by atoms with van der Waals surface area (Å²) < 4.78 is 0. The van der Waals surface area contributed by atoms with Crippen LogP contribution in [0.2, 0.25) is 0 Å². The topological polar surface area (TPSA) is 3.24 Å². The van der Waals surface area contributed by atoms with E-state index in [-0.39, 0.29) is 12.4 Å². The van der Waals surface area contributed by atoms with Crippen molar-refractivity contribution in [1.82, 2.24) is 4.90 Å². The van der Waals surface area contributed by atoms with Gasteiger partial charge in [-0.05, 0) is 25.6 Å². The van der Waals surface area contributed by atoms with E-state index in [1.807, 2.05) is 0 Å². The van der Waals surface area contributed by atoms with E-state index in [0.717, 1.165) is 5.92 Å². The van der Waals surface area contributed by atoms with E-state index in [4.69, 9.17) is 0 Å². The van der Waals surface area contributed by atoms with Crippen molar-refractivity contribution < 1.29 is 0 Å². The third-order valence-corrected chi connectivity index (χ3v) is 5.73. The van der Waals surface area contributed by atoms with Gasteiger partial charge in [-0.25, -0.2) is 0 Å². The molecule has 0 bridgehead atoms. The first-order valence-corrected chi connectivity index (χ1v) is 12.8. The lowest BCUT2D eigenvalue weighted by Crippen LogP contribution is -2.21. The average Bonchev–Trinajstić information content (AvgIpc) is 2.66. The lowest BCUT2D eigenvalue weighted by molar-refractivity contribution is 0.321. The Balaban J connectivity index is -0.000000665. The Bertz CT molecular complexity index is 233. The van der Waals surface area contributed by atoms with E-state index in [1.54, 1.807) is 0 Å². The van der Waals surface area contributed by atoms with E-state index in [2.05, 4.69) is 46.4 Å². The smallest absolute Gasteiger partial charge is 0.00474 e. The Morgan fingerprint density at radius 2 is 0.750 bits per heavy atom. The lowest BCUT2D eigenvalue weighted by atomic mass is 10.0. The van der Waals surface area contributed by atoms with Crippen LogP contribution in [0.4, 0.5) is 0 Å². The summed E-state index contributed by atoms with van der Waals surface area (Å²) in [5.41, 5.74) is 0. The van der Waals surface area contributed by atoms with Crippen molar-refractivity contribution in [3.8, 4) is 0 Å². The van der Waals surface area contributed by atoms with Crippen molar-refractivity contribution in [2.75, 3.05) is 19.6 Å². The van der Waals surface area contributed by atoms with Crippen LogP contribution < -0.4 is 0 Å². The summed E-state index contributed by atoms with van der Waals surface area (Å²) in [4.78, 5) is 2.38. The van der Waals surface area contributed by atoms with Gasteiger partial charge in [0.2, 0.25) is 0 Å². The van der Waals surface area contributed by atoms with Gasteiger partial charge in [0.1, 0.15) is 0 Å². The Kier molecular flexibility index (Phi) is 34.6. The highest BCUT2D eigenvalue weighted by Gasteiger charge is 1.96. The first-order chi connectivity index (χ1) is 13.1. The minimum absolute atomic E-state index is 0. The van der Waals surface area contributed by atoms with Crippen LogP contribution in [0.3, 0.4) is 0 Å². The van der Waals surface area contributed by atoms with Gasteiger partial charge in [0.05, 0.1) is 0 Å². The molecule has 0 spiro atoms. The van der Waals surface area contributed by atoms with Crippen molar-refractivity contribution in [1.29, 1.82) is 0 Å². The lowest BCUT2D eigenvalue weighted by Gasteiger charge is -2.13. The van der Waals surface area contributed by atoms with E-state index in [9.17, 15) is 0 Å². The summed E-state index contributed by atoms with van der Waals surface area (Å²) in [7, 11) is 0. The summed E-state index contributed by atoms with van der Waals surface area (Å²) in [6.45, 7) is 17.1. The maximum absolute atomic E-state index is 2.38. The molecule has 0 saturated heterocycles. The molecule has 0 aliphatic heterocycles. The van der Waals surface area contributed by atoms with Gasteiger partial charge >= 0.3 is 0 Å². The third kappa shape index (κ3) is 31.0. The fourth-order valence-corrected chi connectivity index (χ4v) is 3.59. The summed E-state index contributed by atoms with van der Waals surface area (Å²) in [5, 5.41) is 0. The van der Waals surface area contributed by atoms with Gasteiger partial charge in [0.15, 0.2) is 0 Å². The number of hydrogen-bond donors (Lipinski definition) is 0. The molecule has 174 valence electrons. The normalized spacial score (nSPS) is 10.7. The number of nitrogens with zero attached hydrogens (tertiary/aromatic N) is 1. The molecular formula is C26H58ClN. The van der Waals surface area contributed by atoms with Crippen LogP contribution in [0.5, 0.6) is 0 Å². The maximum Gasteiger partial charge on any atom is -0.00474 e. The SMILES string of the molecule is CCCCCCCCCCCCCCCCCC(C)C.CCN(CC)CC.Cl. The van der Waals surface area contributed by atoms with Gasteiger partial charge in [-0.3, -0.25) is 0 Å². The van der Waals surface area contributed by atoms with Gasteiger partial charge in [0, 0.05) is 0 Å². The number of hydrogen-bond acceptors (Lipinski definition) is 1. The average molecular weight is 420 g/mol. The maximum atomic E-state index is 2.38. The van der Waals surface area contributed by atoms with Crippen molar-refractivity contribution in [2.24, 2.45) is 5.92 Å². The monoisotopic (exact) mass is 419 g/mol. The van der Waals surface area contributed by atoms with Gasteiger partial charge in [-0.1, -0.05) is 144 Å². The Morgan fingerprint density at radius 1 is 0.464 bits per heavy atom. The highest BCUT2D eigenvalue weighted by Crippen LogP contribution is 2.14. The fraction of sp³-hybridized carbons (Fsp3) is 1.00. The van der Waals surface area contributed by atoms with E-state index in [0.29, 0.717) is 0 Å². The van der Waals surface area contributed by atoms with Crippen molar-refractivity contribution >= 4 is 12.4 Å². The third-order valence-electron chi connectivity index (χ3n) is 5.73. The zero-order valence-corrected chi connectivity index (χ0v) is 21.7. The quantitative estimate of drug-likeness (QED) is 0.188. The molecule has 0 saturated carbocycles. The molecule has 0 atom stereocenters. The van der Waals surface area contributed by atoms with Gasteiger partial charge in [0.25, 0.3) is 0 Å². The molecule has 2 heteroatoms. The number of rotatable bonds is 19. The second-order valence-electron chi connectivity index (χ2n) is 8.75. The van der Waals surface area contributed by atoms with Crippen LogP contribution in [0, 0.1) is 5.92 Å². The minimum Gasteiger partial charge on any atom is -0.304 e. The van der Waals surface area contributed by atoms with E-state index in [1.165, 1.54) is 122 Å². The molecule has 0 rings (SSSR count).